The van der Waals surface area contributed by atoms with Crippen LogP contribution in [0.15, 0.2) is 36.4 Å². The second kappa shape index (κ2) is 19.1. The average Bonchev–Trinajstić information content (AvgIpc) is 2.86. The number of hydrogen-bond donors (Lipinski definition) is 2. The number of aromatic hydroxyl groups is 1. The number of phenols is 1. The Balaban J connectivity index is 0. The summed E-state index contributed by atoms with van der Waals surface area (Å²) in [6.45, 7) is 17.6. The van der Waals surface area contributed by atoms with E-state index >= 15 is 0 Å². The first-order valence-electron chi connectivity index (χ1n) is 13.1. The first-order chi connectivity index (χ1) is 18.0. The Bertz CT molecular complexity index is 988. The van der Waals surface area contributed by atoms with E-state index < -0.39 is 23.1 Å². The second-order valence-corrected chi connectivity index (χ2v) is 10.0. The quantitative estimate of drug-likeness (QED) is 0.208. The van der Waals surface area contributed by atoms with Crippen LogP contribution in [0.5, 0.6) is 5.75 Å². The fourth-order valence-corrected chi connectivity index (χ4v) is 3.43. The number of ether oxygens (including phenoxy) is 1. The van der Waals surface area contributed by atoms with E-state index in [1.165, 1.54) is 6.08 Å². The number of amides is 1. The van der Waals surface area contributed by atoms with Crippen molar-refractivity contribution in [2.75, 3.05) is 6.54 Å². The zero-order valence-electron chi connectivity index (χ0n) is 25.2. The summed E-state index contributed by atoms with van der Waals surface area (Å²) in [6, 6.07) is 4.63. The first kappa shape index (κ1) is 40.0. The van der Waals surface area contributed by atoms with Crippen LogP contribution < -0.4 is 29.6 Å². The fraction of sp³-hybridized carbons (Fsp3) is 0.567. The number of halogens is 3. The molecular formula is C30H43F3N2NaO4-. The molecule has 2 rings (SSSR count). The fourth-order valence-electron chi connectivity index (χ4n) is 3.43. The van der Waals surface area contributed by atoms with Crippen molar-refractivity contribution in [3.05, 3.63) is 54.1 Å². The van der Waals surface area contributed by atoms with Gasteiger partial charge in [-0.1, -0.05) is 59.1 Å². The Morgan fingerprint density at radius 3 is 2.25 bits per heavy atom. The maximum Gasteiger partial charge on any atom is 1.00 e. The number of alkyl halides is 3. The molecule has 2 atom stereocenters. The minimum atomic E-state index is -4.40. The number of carbonyl (C=O) groups excluding carboxylic acids is 2. The first-order valence-corrected chi connectivity index (χ1v) is 13.1. The van der Waals surface area contributed by atoms with Gasteiger partial charge in [0.05, 0.1) is 0 Å². The SMILES string of the molecule is C=CC(=O)C(C)CC.CCCC(=N)C1=[C-]CCN(C(=O)OC(C)(C)C)C1CC.Oc1[c-]ccc(C(F)(F)F)c1.[Na+]. The molecule has 10 heteroatoms. The molecule has 0 radical (unpaired) electrons. The topological polar surface area (TPSA) is 90.7 Å². The van der Waals surface area contributed by atoms with Crippen LogP contribution in [0.4, 0.5) is 18.0 Å². The molecule has 1 heterocycles. The van der Waals surface area contributed by atoms with E-state index in [9.17, 15) is 22.8 Å². The second-order valence-electron chi connectivity index (χ2n) is 10.0. The molecule has 1 aliphatic heterocycles. The molecule has 0 aliphatic carbocycles. The largest absolute Gasteiger partial charge is 1.00 e. The monoisotopic (exact) mass is 575 g/mol. The van der Waals surface area contributed by atoms with Gasteiger partial charge in [0.2, 0.25) is 0 Å². The molecule has 40 heavy (non-hydrogen) atoms. The van der Waals surface area contributed by atoms with Gasteiger partial charge < -0.3 is 20.2 Å². The maximum atomic E-state index is 12.3. The van der Waals surface area contributed by atoms with Crippen LogP contribution in [0.3, 0.4) is 0 Å². The molecule has 0 fully saturated rings. The predicted octanol–water partition coefficient (Wildman–Crippen LogP) is 4.96. The molecule has 220 valence electrons. The van der Waals surface area contributed by atoms with Gasteiger partial charge in [-0.25, -0.2) is 4.79 Å². The average molecular weight is 576 g/mol. The van der Waals surface area contributed by atoms with Crippen molar-refractivity contribution in [2.45, 2.75) is 98.4 Å². The van der Waals surface area contributed by atoms with Crippen LogP contribution in [-0.2, 0) is 15.7 Å². The number of benzene rings is 1. The van der Waals surface area contributed by atoms with Crippen LogP contribution >= 0.6 is 0 Å². The van der Waals surface area contributed by atoms with Crippen molar-refractivity contribution in [1.82, 2.24) is 4.90 Å². The van der Waals surface area contributed by atoms with Gasteiger partial charge >= 0.3 is 41.8 Å². The van der Waals surface area contributed by atoms with Crippen LogP contribution in [0.1, 0.15) is 86.1 Å². The molecule has 0 bridgehead atoms. The number of allylic oxidation sites excluding steroid dienone is 1. The van der Waals surface area contributed by atoms with Crippen LogP contribution in [0.25, 0.3) is 0 Å². The number of nitrogens with one attached hydrogen (secondary N) is 1. The van der Waals surface area contributed by atoms with Crippen LogP contribution in [-0.4, -0.2) is 45.8 Å². The van der Waals surface area contributed by atoms with Gasteiger partial charge in [-0.3, -0.25) is 10.9 Å². The van der Waals surface area contributed by atoms with E-state index in [4.69, 9.17) is 15.3 Å². The molecule has 1 aliphatic rings. The third kappa shape index (κ3) is 15.1. The van der Waals surface area contributed by atoms with Gasteiger partial charge in [0.1, 0.15) is 5.60 Å². The van der Waals surface area contributed by atoms with Gasteiger partial charge in [0, 0.05) is 24.3 Å². The van der Waals surface area contributed by atoms with Gasteiger partial charge in [-0.05, 0) is 39.7 Å². The molecule has 0 spiro atoms. The molecule has 0 saturated heterocycles. The Kier molecular flexibility index (Phi) is 19.1. The van der Waals surface area contributed by atoms with Crippen molar-refractivity contribution >= 4 is 17.6 Å². The molecular weight excluding hydrogens is 532 g/mol. The van der Waals surface area contributed by atoms with Gasteiger partial charge in [0.15, 0.2) is 5.78 Å². The number of rotatable bonds is 7. The minimum Gasteiger partial charge on any atom is -0.534 e. The van der Waals surface area contributed by atoms with Gasteiger partial charge in [0.25, 0.3) is 0 Å². The number of nitrogens with zero attached hydrogens (tertiary/aromatic N) is 1. The van der Waals surface area contributed by atoms with Gasteiger partial charge in [-0.15, -0.1) is 17.8 Å². The maximum absolute atomic E-state index is 12.3. The summed E-state index contributed by atoms with van der Waals surface area (Å²) < 4.78 is 41.0. The third-order valence-electron chi connectivity index (χ3n) is 5.63. The van der Waals surface area contributed by atoms with Crippen molar-refractivity contribution in [1.29, 1.82) is 5.41 Å². The zero-order valence-corrected chi connectivity index (χ0v) is 27.2. The Morgan fingerprint density at radius 1 is 1.27 bits per heavy atom. The van der Waals surface area contributed by atoms with E-state index in [0.29, 0.717) is 24.7 Å². The van der Waals surface area contributed by atoms with Crippen molar-refractivity contribution in [3.63, 3.8) is 0 Å². The van der Waals surface area contributed by atoms with Crippen molar-refractivity contribution in [3.8, 4) is 5.75 Å². The van der Waals surface area contributed by atoms with E-state index in [1.807, 2.05) is 41.5 Å². The van der Waals surface area contributed by atoms with E-state index in [0.717, 1.165) is 43.4 Å². The molecule has 0 saturated carbocycles. The minimum absolute atomic E-state index is 0. The Labute approximate surface area is 259 Å². The summed E-state index contributed by atoms with van der Waals surface area (Å²) >= 11 is 0. The molecule has 2 N–H and O–H groups in total. The van der Waals surface area contributed by atoms with E-state index in [2.05, 4.69) is 25.6 Å². The molecule has 1 aromatic rings. The number of ketones is 1. The van der Waals surface area contributed by atoms with E-state index in [-0.39, 0.29) is 53.4 Å². The van der Waals surface area contributed by atoms with Crippen molar-refractivity contribution in [2.24, 2.45) is 5.92 Å². The van der Waals surface area contributed by atoms with Crippen LogP contribution in [0.2, 0.25) is 0 Å². The summed E-state index contributed by atoms with van der Waals surface area (Å²) in [7, 11) is 0. The predicted molar refractivity (Wildman–Crippen MR) is 148 cm³/mol. The smallest absolute Gasteiger partial charge is 0.534 e. The van der Waals surface area contributed by atoms with Gasteiger partial charge in [-0.2, -0.15) is 30.9 Å². The van der Waals surface area contributed by atoms with E-state index in [1.54, 1.807) is 4.90 Å². The normalized spacial score (nSPS) is 15.5. The summed E-state index contributed by atoms with van der Waals surface area (Å²) in [4.78, 5) is 24.7. The number of carbonyl (C=O) groups is 2. The molecule has 0 aromatic heterocycles. The number of phenolic OH excluding ortho intramolecular Hbond substituents is 1. The molecule has 1 amide bonds. The zero-order chi connectivity index (χ0) is 30.4. The summed E-state index contributed by atoms with van der Waals surface area (Å²) in [6.07, 6.45) is 4.04. The summed E-state index contributed by atoms with van der Waals surface area (Å²) in [5.41, 5.74) is 0.130. The third-order valence-corrected chi connectivity index (χ3v) is 5.63. The summed E-state index contributed by atoms with van der Waals surface area (Å²) in [5, 5.41) is 16.8. The Hall–Kier alpha value is -2.10. The molecule has 6 nitrogen and oxygen atoms in total. The molecule has 2 unspecified atom stereocenters. The van der Waals surface area contributed by atoms with Crippen LogP contribution in [0, 0.1) is 23.5 Å². The summed E-state index contributed by atoms with van der Waals surface area (Å²) in [5.74, 6) is -0.195. The standard InChI is InChI=1S/C16H27N2O2.C7H4F3O.C7H12O.Na/c1-6-9-13(17)12-10-8-11-18(14(12)7-2)15(19)20-16(3,4)5;8-7(9,10)5-2-1-3-6(11)4-5;1-4-6(3)7(8)5-2;/h14,17H,6-9,11H2,1-5H3;1-2,4,11H;5-6H,2,4H2,1,3H3;/q2*-1;;+1. The van der Waals surface area contributed by atoms with Crippen molar-refractivity contribution < 1.29 is 62.2 Å². The Morgan fingerprint density at radius 2 is 1.88 bits per heavy atom. The molecule has 1 aromatic carbocycles. The number of hydrogen-bond acceptors (Lipinski definition) is 5.